The lowest BCUT2D eigenvalue weighted by Crippen LogP contribution is -2.05. The number of benzene rings is 1. The van der Waals surface area contributed by atoms with Gasteiger partial charge in [-0.2, -0.15) is 0 Å². The van der Waals surface area contributed by atoms with Crippen molar-refractivity contribution in [3.63, 3.8) is 0 Å². The number of ether oxygens (including phenoxy) is 1. The lowest BCUT2D eigenvalue weighted by molar-refractivity contribution is 0.0600. The lowest BCUT2D eigenvalue weighted by atomic mass is 9.97. The number of pyridine rings is 1. The van der Waals surface area contributed by atoms with Gasteiger partial charge in [0, 0.05) is 11.8 Å². The standard InChI is InChI=1S/C15H15NO2/c1-10-6-5-9-16-14(10)12-7-4-8-13(11(12)2)15(17)18-3/h4-9H,1-3H3. The molecule has 0 aliphatic heterocycles. The van der Waals surface area contributed by atoms with Crippen molar-refractivity contribution in [2.24, 2.45) is 0 Å². The first kappa shape index (κ1) is 12.3. The summed E-state index contributed by atoms with van der Waals surface area (Å²) in [5.41, 5.74) is 4.44. The Morgan fingerprint density at radius 2 is 1.94 bits per heavy atom. The van der Waals surface area contributed by atoms with E-state index >= 15 is 0 Å². The van der Waals surface area contributed by atoms with Crippen LogP contribution in [0.15, 0.2) is 36.5 Å². The van der Waals surface area contributed by atoms with E-state index in [0.29, 0.717) is 5.56 Å². The number of aryl methyl sites for hydroxylation is 1. The van der Waals surface area contributed by atoms with Crippen LogP contribution in [-0.4, -0.2) is 18.1 Å². The quantitative estimate of drug-likeness (QED) is 0.758. The van der Waals surface area contributed by atoms with Crippen molar-refractivity contribution in [3.8, 4) is 11.3 Å². The van der Waals surface area contributed by atoms with E-state index in [0.717, 1.165) is 22.4 Å². The molecular weight excluding hydrogens is 226 g/mol. The Morgan fingerprint density at radius 3 is 2.61 bits per heavy atom. The van der Waals surface area contributed by atoms with Crippen molar-refractivity contribution in [1.29, 1.82) is 0 Å². The van der Waals surface area contributed by atoms with Crippen LogP contribution in [-0.2, 0) is 4.74 Å². The summed E-state index contributed by atoms with van der Waals surface area (Å²) >= 11 is 0. The molecule has 0 saturated heterocycles. The molecule has 1 heterocycles. The maximum atomic E-state index is 11.7. The van der Waals surface area contributed by atoms with E-state index in [9.17, 15) is 4.79 Å². The molecule has 1 aromatic heterocycles. The molecule has 0 aliphatic carbocycles. The van der Waals surface area contributed by atoms with Crippen molar-refractivity contribution in [2.45, 2.75) is 13.8 Å². The number of esters is 1. The first-order valence-electron chi connectivity index (χ1n) is 5.75. The zero-order chi connectivity index (χ0) is 13.1. The highest BCUT2D eigenvalue weighted by molar-refractivity contribution is 5.93. The summed E-state index contributed by atoms with van der Waals surface area (Å²) in [6.07, 6.45) is 1.76. The van der Waals surface area contributed by atoms with E-state index in [-0.39, 0.29) is 5.97 Å². The molecule has 0 saturated carbocycles. The highest BCUT2D eigenvalue weighted by Crippen LogP contribution is 2.26. The van der Waals surface area contributed by atoms with Gasteiger partial charge in [0.15, 0.2) is 0 Å². The number of aromatic nitrogens is 1. The van der Waals surface area contributed by atoms with Crippen LogP contribution in [0, 0.1) is 13.8 Å². The number of hydrogen-bond donors (Lipinski definition) is 0. The second-order valence-electron chi connectivity index (χ2n) is 4.14. The van der Waals surface area contributed by atoms with E-state index in [1.165, 1.54) is 7.11 Å². The van der Waals surface area contributed by atoms with Crippen LogP contribution >= 0.6 is 0 Å². The van der Waals surface area contributed by atoms with E-state index in [2.05, 4.69) is 4.98 Å². The van der Waals surface area contributed by atoms with E-state index in [1.54, 1.807) is 12.3 Å². The van der Waals surface area contributed by atoms with E-state index in [4.69, 9.17) is 4.74 Å². The summed E-state index contributed by atoms with van der Waals surface area (Å²) < 4.78 is 4.78. The van der Waals surface area contributed by atoms with Gasteiger partial charge in [-0.05, 0) is 37.1 Å². The molecule has 92 valence electrons. The molecule has 1 aromatic carbocycles. The smallest absolute Gasteiger partial charge is 0.338 e. The molecule has 2 aromatic rings. The van der Waals surface area contributed by atoms with Gasteiger partial charge < -0.3 is 4.74 Å². The summed E-state index contributed by atoms with van der Waals surface area (Å²) in [4.78, 5) is 16.0. The van der Waals surface area contributed by atoms with Crippen molar-refractivity contribution < 1.29 is 9.53 Å². The summed E-state index contributed by atoms with van der Waals surface area (Å²) in [6, 6.07) is 9.49. The van der Waals surface area contributed by atoms with Crippen LogP contribution < -0.4 is 0 Å². The minimum Gasteiger partial charge on any atom is -0.465 e. The van der Waals surface area contributed by atoms with Crippen LogP contribution in [0.4, 0.5) is 0 Å². The average Bonchev–Trinajstić information content (AvgIpc) is 2.39. The van der Waals surface area contributed by atoms with Gasteiger partial charge in [0.2, 0.25) is 0 Å². The zero-order valence-corrected chi connectivity index (χ0v) is 10.7. The molecule has 0 radical (unpaired) electrons. The molecule has 0 amide bonds. The number of carbonyl (C=O) groups excluding carboxylic acids is 1. The summed E-state index contributed by atoms with van der Waals surface area (Å²) in [5, 5.41) is 0. The Bertz CT molecular complexity index is 591. The zero-order valence-electron chi connectivity index (χ0n) is 10.7. The number of hydrogen-bond acceptors (Lipinski definition) is 3. The molecular formula is C15H15NO2. The first-order valence-corrected chi connectivity index (χ1v) is 5.75. The summed E-state index contributed by atoms with van der Waals surface area (Å²) in [7, 11) is 1.39. The van der Waals surface area contributed by atoms with Crippen molar-refractivity contribution in [2.75, 3.05) is 7.11 Å². The van der Waals surface area contributed by atoms with Gasteiger partial charge in [0.05, 0.1) is 18.4 Å². The normalized spacial score (nSPS) is 10.2. The van der Waals surface area contributed by atoms with E-state index in [1.807, 2.05) is 38.1 Å². The molecule has 2 rings (SSSR count). The second-order valence-corrected chi connectivity index (χ2v) is 4.14. The minimum atomic E-state index is -0.317. The van der Waals surface area contributed by atoms with Crippen LogP contribution in [0.3, 0.4) is 0 Å². The molecule has 0 fully saturated rings. The Kier molecular flexibility index (Phi) is 3.42. The molecule has 0 unspecified atom stereocenters. The molecule has 0 atom stereocenters. The molecule has 18 heavy (non-hydrogen) atoms. The van der Waals surface area contributed by atoms with Crippen molar-refractivity contribution >= 4 is 5.97 Å². The van der Waals surface area contributed by atoms with Gasteiger partial charge in [0.1, 0.15) is 0 Å². The third kappa shape index (κ3) is 2.12. The number of nitrogens with zero attached hydrogens (tertiary/aromatic N) is 1. The van der Waals surface area contributed by atoms with Crippen molar-refractivity contribution in [1.82, 2.24) is 4.98 Å². The highest BCUT2D eigenvalue weighted by Gasteiger charge is 2.14. The fourth-order valence-electron chi connectivity index (χ4n) is 1.99. The Labute approximate surface area is 106 Å². The monoisotopic (exact) mass is 241 g/mol. The molecule has 0 N–H and O–H groups in total. The van der Waals surface area contributed by atoms with Crippen LogP contribution in [0.25, 0.3) is 11.3 Å². The van der Waals surface area contributed by atoms with Crippen molar-refractivity contribution in [3.05, 3.63) is 53.2 Å². The number of rotatable bonds is 2. The fourth-order valence-corrected chi connectivity index (χ4v) is 1.99. The predicted molar refractivity (Wildman–Crippen MR) is 70.5 cm³/mol. The third-order valence-electron chi connectivity index (χ3n) is 3.00. The average molecular weight is 241 g/mol. The van der Waals surface area contributed by atoms with Gasteiger partial charge in [-0.1, -0.05) is 18.2 Å². The van der Waals surface area contributed by atoms with Gasteiger partial charge in [-0.3, -0.25) is 4.98 Å². The predicted octanol–water partition coefficient (Wildman–Crippen LogP) is 3.15. The Balaban J connectivity index is 2.60. The third-order valence-corrected chi connectivity index (χ3v) is 3.00. The van der Waals surface area contributed by atoms with Crippen LogP contribution in [0.2, 0.25) is 0 Å². The van der Waals surface area contributed by atoms with E-state index < -0.39 is 0 Å². The number of carbonyl (C=O) groups is 1. The highest BCUT2D eigenvalue weighted by atomic mass is 16.5. The second kappa shape index (κ2) is 5.00. The summed E-state index contributed by atoms with van der Waals surface area (Å²) in [6.45, 7) is 3.92. The van der Waals surface area contributed by atoms with Gasteiger partial charge in [-0.15, -0.1) is 0 Å². The maximum Gasteiger partial charge on any atom is 0.338 e. The van der Waals surface area contributed by atoms with Crippen LogP contribution in [0.1, 0.15) is 21.5 Å². The largest absolute Gasteiger partial charge is 0.465 e. The van der Waals surface area contributed by atoms with Gasteiger partial charge >= 0.3 is 5.97 Å². The first-order chi connectivity index (χ1) is 8.65. The summed E-state index contributed by atoms with van der Waals surface area (Å²) in [5.74, 6) is -0.317. The molecule has 0 spiro atoms. The van der Waals surface area contributed by atoms with Gasteiger partial charge in [0.25, 0.3) is 0 Å². The Hall–Kier alpha value is -2.16. The molecule has 0 aliphatic rings. The lowest BCUT2D eigenvalue weighted by Gasteiger charge is -2.11. The number of methoxy groups -OCH3 is 1. The molecule has 3 heteroatoms. The van der Waals surface area contributed by atoms with Gasteiger partial charge in [-0.25, -0.2) is 4.79 Å². The molecule has 0 bridgehead atoms. The minimum absolute atomic E-state index is 0.317. The molecule has 3 nitrogen and oxygen atoms in total. The fraction of sp³-hybridized carbons (Fsp3) is 0.200. The SMILES string of the molecule is COC(=O)c1cccc(-c2ncccc2C)c1C. The van der Waals surface area contributed by atoms with Crippen LogP contribution in [0.5, 0.6) is 0 Å². The topological polar surface area (TPSA) is 39.2 Å². The maximum absolute atomic E-state index is 11.7. The Morgan fingerprint density at radius 1 is 1.17 bits per heavy atom.